The summed E-state index contributed by atoms with van der Waals surface area (Å²) in [7, 11) is 1.16. The normalized spacial score (nSPS) is 11.0. The van der Waals surface area contributed by atoms with Crippen molar-refractivity contribution < 1.29 is 22.7 Å². The van der Waals surface area contributed by atoms with E-state index in [0.29, 0.717) is 17.3 Å². The third-order valence-electron chi connectivity index (χ3n) is 2.92. The maximum absolute atomic E-state index is 13.3. The summed E-state index contributed by atoms with van der Waals surface area (Å²) in [4.78, 5) is 19.2. The van der Waals surface area contributed by atoms with Crippen LogP contribution in [0.5, 0.6) is 0 Å². The first-order valence-corrected chi connectivity index (χ1v) is 7.47. The Morgan fingerprint density at radius 1 is 1.46 bits per heavy atom. The molecule has 24 heavy (non-hydrogen) atoms. The van der Waals surface area contributed by atoms with Crippen LogP contribution in [0.15, 0.2) is 35.6 Å². The summed E-state index contributed by atoms with van der Waals surface area (Å²) in [6, 6.07) is 5.43. The van der Waals surface area contributed by atoms with Crippen molar-refractivity contribution in [1.82, 2.24) is 9.97 Å². The largest absolute Gasteiger partial charge is 0.468 e. The van der Waals surface area contributed by atoms with E-state index in [4.69, 9.17) is 5.26 Å². The monoisotopic (exact) mass is 353 g/mol. The molecule has 0 atom stereocenters. The smallest absolute Gasteiger partial charge is 0.417 e. The lowest BCUT2D eigenvalue weighted by Crippen LogP contribution is -2.11. The fraction of sp³-hybridized carbons (Fsp3) is 0.200. The van der Waals surface area contributed by atoms with Crippen LogP contribution in [0.2, 0.25) is 0 Å². The van der Waals surface area contributed by atoms with Crippen molar-refractivity contribution in [2.24, 2.45) is 0 Å². The standard InChI is InChI=1S/C15H10F3N3O2S/c1-23-13(22)8-24-14-10(6-19)11(15(16,17)18)5-12(21-14)9-3-2-4-20-7-9/h2-5,7H,8H2,1H3. The summed E-state index contributed by atoms with van der Waals surface area (Å²) < 4.78 is 44.3. The van der Waals surface area contributed by atoms with E-state index in [-0.39, 0.29) is 16.5 Å². The summed E-state index contributed by atoms with van der Waals surface area (Å²) >= 11 is 0.715. The lowest BCUT2D eigenvalue weighted by Gasteiger charge is -2.13. The summed E-state index contributed by atoms with van der Waals surface area (Å²) in [6.07, 6.45) is -1.89. The van der Waals surface area contributed by atoms with Crippen molar-refractivity contribution in [3.05, 3.63) is 41.7 Å². The second kappa shape index (κ2) is 7.31. The van der Waals surface area contributed by atoms with E-state index in [1.807, 2.05) is 0 Å². The van der Waals surface area contributed by atoms with Crippen molar-refractivity contribution in [1.29, 1.82) is 5.26 Å². The molecule has 2 aromatic rings. The summed E-state index contributed by atoms with van der Waals surface area (Å²) in [5.41, 5.74) is -1.34. The van der Waals surface area contributed by atoms with Crippen LogP contribution in [0.25, 0.3) is 11.3 Å². The second-order valence-electron chi connectivity index (χ2n) is 4.45. The van der Waals surface area contributed by atoms with Crippen molar-refractivity contribution in [2.45, 2.75) is 11.2 Å². The molecule has 0 spiro atoms. The molecule has 0 radical (unpaired) electrons. The van der Waals surface area contributed by atoms with E-state index in [1.165, 1.54) is 18.5 Å². The number of methoxy groups -OCH3 is 1. The molecule has 0 aromatic carbocycles. The minimum Gasteiger partial charge on any atom is -0.468 e. The van der Waals surface area contributed by atoms with Gasteiger partial charge in [0, 0.05) is 18.0 Å². The highest BCUT2D eigenvalue weighted by atomic mass is 32.2. The van der Waals surface area contributed by atoms with Crippen LogP contribution in [0.1, 0.15) is 11.1 Å². The highest BCUT2D eigenvalue weighted by Crippen LogP contribution is 2.37. The molecule has 0 aliphatic carbocycles. The van der Waals surface area contributed by atoms with Gasteiger partial charge in [-0.15, -0.1) is 0 Å². The van der Waals surface area contributed by atoms with Gasteiger partial charge in [-0.1, -0.05) is 11.8 Å². The zero-order valence-corrected chi connectivity index (χ0v) is 13.1. The zero-order valence-electron chi connectivity index (χ0n) is 12.3. The molecule has 0 aliphatic heterocycles. The number of thioether (sulfide) groups is 1. The van der Waals surface area contributed by atoms with Crippen LogP contribution in [0.4, 0.5) is 13.2 Å². The molecule has 124 valence electrons. The zero-order chi connectivity index (χ0) is 17.7. The number of carbonyl (C=O) groups is 1. The fourth-order valence-electron chi connectivity index (χ4n) is 1.81. The first-order valence-electron chi connectivity index (χ1n) is 6.49. The SMILES string of the molecule is COC(=O)CSc1nc(-c2cccnc2)cc(C(F)(F)F)c1C#N. The Morgan fingerprint density at radius 3 is 2.75 bits per heavy atom. The number of esters is 1. The summed E-state index contributed by atoms with van der Waals surface area (Å²) in [5, 5.41) is 8.93. The number of nitriles is 1. The maximum Gasteiger partial charge on any atom is 0.417 e. The molecule has 0 fully saturated rings. The third kappa shape index (κ3) is 4.02. The van der Waals surface area contributed by atoms with Crippen molar-refractivity contribution in [2.75, 3.05) is 12.9 Å². The Balaban J connectivity index is 2.59. The van der Waals surface area contributed by atoms with Crippen molar-refractivity contribution in [3.8, 4) is 17.3 Å². The van der Waals surface area contributed by atoms with Crippen LogP contribution in [-0.4, -0.2) is 28.8 Å². The molecule has 0 amide bonds. The van der Waals surface area contributed by atoms with E-state index >= 15 is 0 Å². The highest BCUT2D eigenvalue weighted by Gasteiger charge is 2.36. The molecule has 0 saturated carbocycles. The van der Waals surface area contributed by atoms with Gasteiger partial charge >= 0.3 is 12.1 Å². The van der Waals surface area contributed by atoms with Crippen LogP contribution >= 0.6 is 11.8 Å². The topological polar surface area (TPSA) is 75.9 Å². The van der Waals surface area contributed by atoms with Gasteiger partial charge in [-0.05, 0) is 18.2 Å². The van der Waals surface area contributed by atoms with E-state index in [0.717, 1.165) is 13.2 Å². The average molecular weight is 353 g/mol. The molecular weight excluding hydrogens is 343 g/mol. The van der Waals surface area contributed by atoms with E-state index in [9.17, 15) is 18.0 Å². The first kappa shape index (κ1) is 17.7. The molecule has 9 heteroatoms. The van der Waals surface area contributed by atoms with Crippen molar-refractivity contribution >= 4 is 17.7 Å². The molecule has 2 rings (SSSR count). The van der Waals surface area contributed by atoms with Crippen LogP contribution < -0.4 is 0 Å². The lowest BCUT2D eigenvalue weighted by molar-refractivity contribution is -0.138. The number of pyridine rings is 2. The van der Waals surface area contributed by atoms with Gasteiger partial charge in [0.2, 0.25) is 0 Å². The van der Waals surface area contributed by atoms with Gasteiger partial charge < -0.3 is 4.74 Å². The molecule has 0 N–H and O–H groups in total. The van der Waals surface area contributed by atoms with Crippen LogP contribution in [-0.2, 0) is 15.7 Å². The molecule has 5 nitrogen and oxygen atoms in total. The quantitative estimate of drug-likeness (QED) is 0.620. The van der Waals surface area contributed by atoms with Crippen LogP contribution in [0.3, 0.4) is 0 Å². The predicted molar refractivity (Wildman–Crippen MR) is 79.9 cm³/mol. The van der Waals surface area contributed by atoms with Gasteiger partial charge in [0.1, 0.15) is 11.1 Å². The number of ether oxygens (including phenoxy) is 1. The van der Waals surface area contributed by atoms with Gasteiger partial charge in [-0.3, -0.25) is 9.78 Å². The number of nitrogens with zero attached hydrogens (tertiary/aromatic N) is 3. The van der Waals surface area contributed by atoms with E-state index in [2.05, 4.69) is 14.7 Å². The van der Waals surface area contributed by atoms with Gasteiger partial charge in [-0.25, -0.2) is 4.98 Å². The number of hydrogen-bond donors (Lipinski definition) is 0. The van der Waals surface area contributed by atoms with Gasteiger partial charge in [-0.2, -0.15) is 18.4 Å². The Morgan fingerprint density at radius 2 is 2.21 bits per heavy atom. The van der Waals surface area contributed by atoms with Gasteiger partial charge in [0.05, 0.1) is 29.7 Å². The minimum atomic E-state index is -4.73. The molecule has 0 bridgehead atoms. The summed E-state index contributed by atoms with van der Waals surface area (Å²) in [6.45, 7) is 0. The maximum atomic E-state index is 13.3. The first-order chi connectivity index (χ1) is 11.4. The number of aromatic nitrogens is 2. The number of hydrogen-bond acceptors (Lipinski definition) is 6. The van der Waals surface area contributed by atoms with Gasteiger partial charge in [0.15, 0.2) is 0 Å². The Kier molecular flexibility index (Phi) is 5.41. The van der Waals surface area contributed by atoms with Crippen LogP contribution in [0, 0.1) is 11.3 Å². The van der Waals surface area contributed by atoms with E-state index in [1.54, 1.807) is 12.1 Å². The molecule has 0 unspecified atom stereocenters. The molecule has 0 saturated heterocycles. The molecule has 0 aliphatic rings. The molecular formula is C15H10F3N3O2S. The minimum absolute atomic E-state index is 0.0155. The average Bonchev–Trinajstić information content (AvgIpc) is 2.58. The Hall–Kier alpha value is -2.60. The summed E-state index contributed by atoms with van der Waals surface area (Å²) in [5.74, 6) is -0.891. The Labute approximate surface area is 139 Å². The third-order valence-corrected chi connectivity index (χ3v) is 3.86. The second-order valence-corrected chi connectivity index (χ2v) is 5.42. The van der Waals surface area contributed by atoms with Gasteiger partial charge in [0.25, 0.3) is 0 Å². The number of carbonyl (C=O) groups excluding carboxylic acids is 1. The molecule has 2 heterocycles. The predicted octanol–water partition coefficient (Wildman–Crippen LogP) is 3.30. The number of rotatable bonds is 4. The number of halogens is 3. The van der Waals surface area contributed by atoms with E-state index < -0.39 is 23.3 Å². The molecule has 2 aromatic heterocycles. The Bertz CT molecular complexity index is 789. The lowest BCUT2D eigenvalue weighted by atomic mass is 10.1. The van der Waals surface area contributed by atoms with Crippen molar-refractivity contribution in [3.63, 3.8) is 0 Å². The highest BCUT2D eigenvalue weighted by molar-refractivity contribution is 7.99. The number of alkyl halides is 3. The fourth-order valence-corrected chi connectivity index (χ4v) is 2.64.